The summed E-state index contributed by atoms with van der Waals surface area (Å²) in [6.07, 6.45) is 27.3. The van der Waals surface area contributed by atoms with E-state index in [0.717, 1.165) is 30.6 Å². The molecule has 5 aliphatic rings. The molecule has 5 aliphatic carbocycles. The Balaban J connectivity index is 1.25. The maximum absolute atomic E-state index is 12.9. The average Bonchev–Trinajstić information content (AvgIpc) is 3.54. The van der Waals surface area contributed by atoms with E-state index in [9.17, 15) is 4.79 Å². The van der Waals surface area contributed by atoms with Crippen molar-refractivity contribution in [1.29, 1.82) is 0 Å². The van der Waals surface area contributed by atoms with Gasteiger partial charge in [-0.3, -0.25) is 0 Å². The number of fused-ring (bicyclic) bond motifs is 2. The van der Waals surface area contributed by atoms with E-state index in [1.54, 1.807) is 6.08 Å². The van der Waals surface area contributed by atoms with E-state index < -0.39 is 0 Å². The molecule has 5 rings (SSSR count). The molecule has 0 aromatic heterocycles. The minimum Gasteiger partial charge on any atom is -0.459 e. The van der Waals surface area contributed by atoms with Gasteiger partial charge in [0.05, 0.1) is 0 Å². The van der Waals surface area contributed by atoms with Crippen LogP contribution in [0.15, 0.2) is 36.5 Å². The van der Waals surface area contributed by atoms with Gasteiger partial charge in [0.25, 0.3) is 0 Å². The van der Waals surface area contributed by atoms with Crippen LogP contribution in [0.25, 0.3) is 0 Å². The normalized spacial score (nSPS) is 41.9. The maximum Gasteiger partial charge on any atom is 0.331 e. The van der Waals surface area contributed by atoms with E-state index in [2.05, 4.69) is 68.0 Å². The zero-order valence-electron chi connectivity index (χ0n) is 29.4. The summed E-state index contributed by atoms with van der Waals surface area (Å²) in [6.45, 7) is 24.1. The Labute approximate surface area is 266 Å². The molecule has 43 heavy (non-hydrogen) atoms. The summed E-state index contributed by atoms with van der Waals surface area (Å²) >= 11 is 0. The lowest BCUT2D eigenvalue weighted by molar-refractivity contribution is -0.179. The SMILES string of the molecule is C=C(CC[C@@H](C)[C@H]1CC[C@@]2(C)[C@@H]3CC[C@H]4C(C)(C)[C@@H](OC(=O)/C=C/C=C/CCCCC)CC[C@@]45C[C@@]35CC[C@]12C)C(C)C. The van der Waals surface area contributed by atoms with E-state index in [4.69, 9.17) is 4.74 Å². The van der Waals surface area contributed by atoms with Gasteiger partial charge in [-0.2, -0.15) is 0 Å². The lowest BCUT2D eigenvalue weighted by Gasteiger charge is -2.63. The first-order valence-corrected chi connectivity index (χ1v) is 18.5. The molecular weight excluding hydrogens is 524 g/mol. The van der Waals surface area contributed by atoms with Crippen LogP contribution in [-0.2, 0) is 9.53 Å². The van der Waals surface area contributed by atoms with Gasteiger partial charge in [-0.15, -0.1) is 0 Å². The fourth-order valence-electron chi connectivity index (χ4n) is 12.4. The van der Waals surface area contributed by atoms with E-state index in [1.807, 2.05) is 12.2 Å². The molecule has 0 saturated heterocycles. The zero-order chi connectivity index (χ0) is 31.3. The Morgan fingerprint density at radius 1 is 0.884 bits per heavy atom. The number of hydrogen-bond acceptors (Lipinski definition) is 2. The molecule has 242 valence electrons. The number of ether oxygens (including phenoxy) is 1. The summed E-state index contributed by atoms with van der Waals surface area (Å²) < 4.78 is 6.23. The second-order valence-electron chi connectivity index (χ2n) is 17.5. The first kappa shape index (κ1) is 33.1. The summed E-state index contributed by atoms with van der Waals surface area (Å²) in [7, 11) is 0. The summed E-state index contributed by atoms with van der Waals surface area (Å²) in [5.41, 5.74) is 3.45. The first-order chi connectivity index (χ1) is 20.3. The fraction of sp³-hybridized carbons (Fsp3) is 0.829. The molecule has 0 bridgehead atoms. The van der Waals surface area contributed by atoms with E-state index in [1.165, 1.54) is 89.0 Å². The van der Waals surface area contributed by atoms with Crippen LogP contribution >= 0.6 is 0 Å². The van der Waals surface area contributed by atoms with Crippen molar-refractivity contribution in [2.75, 3.05) is 0 Å². The average molecular weight is 591 g/mol. The number of rotatable bonds is 12. The largest absolute Gasteiger partial charge is 0.459 e. The van der Waals surface area contributed by atoms with Gasteiger partial charge in [0.1, 0.15) is 6.10 Å². The minimum atomic E-state index is -0.157. The van der Waals surface area contributed by atoms with Crippen molar-refractivity contribution < 1.29 is 9.53 Å². The second-order valence-corrected chi connectivity index (χ2v) is 17.5. The standard InChI is InChI=1S/C41H66O2/c1-10-11-12-13-14-15-16-17-36(42)43-35-23-25-40-28-41(40)27-26-38(8)32(31(5)19-18-30(4)29(2)3)22-24-39(38,9)34(41)21-20-33(40)37(35,6)7/h14-17,29,31-35H,4,10-13,18-28H2,1-3,5-9H3/b15-14+,17-16+/t31-,32-,33+,34+,35+,38-,39+,40-,41+/m1/s1. The van der Waals surface area contributed by atoms with Crippen molar-refractivity contribution in [3.63, 3.8) is 0 Å². The molecule has 0 aliphatic heterocycles. The van der Waals surface area contributed by atoms with Crippen molar-refractivity contribution in [1.82, 2.24) is 0 Å². The number of carbonyl (C=O) groups is 1. The van der Waals surface area contributed by atoms with Gasteiger partial charge in [0, 0.05) is 11.5 Å². The maximum atomic E-state index is 12.9. The molecule has 0 unspecified atom stereocenters. The summed E-state index contributed by atoms with van der Waals surface area (Å²) in [5.74, 6) is 3.64. The number of allylic oxidation sites excluding steroid dienone is 4. The highest BCUT2D eigenvalue weighted by Gasteiger charge is 2.82. The Kier molecular flexibility index (Phi) is 9.33. The summed E-state index contributed by atoms with van der Waals surface area (Å²) in [6, 6.07) is 0. The van der Waals surface area contributed by atoms with Gasteiger partial charge >= 0.3 is 5.97 Å². The van der Waals surface area contributed by atoms with Crippen LogP contribution in [0.3, 0.4) is 0 Å². The third kappa shape index (κ3) is 5.35. The number of esters is 1. The highest BCUT2D eigenvalue weighted by Crippen LogP contribution is 2.89. The van der Waals surface area contributed by atoms with Gasteiger partial charge in [0.2, 0.25) is 0 Å². The van der Waals surface area contributed by atoms with Crippen LogP contribution < -0.4 is 0 Å². The van der Waals surface area contributed by atoms with Crippen LogP contribution in [0.1, 0.15) is 152 Å². The molecule has 0 aromatic rings. The van der Waals surface area contributed by atoms with Gasteiger partial charge in [-0.1, -0.05) is 98.6 Å². The Morgan fingerprint density at radius 3 is 2.33 bits per heavy atom. The Hall–Kier alpha value is -1.31. The van der Waals surface area contributed by atoms with Crippen molar-refractivity contribution in [2.45, 2.75) is 158 Å². The molecule has 0 radical (unpaired) electrons. The van der Waals surface area contributed by atoms with Gasteiger partial charge < -0.3 is 4.74 Å². The van der Waals surface area contributed by atoms with Crippen LogP contribution in [0, 0.1) is 56.7 Å². The predicted molar refractivity (Wildman–Crippen MR) is 182 cm³/mol. The summed E-state index contributed by atoms with van der Waals surface area (Å²) in [4.78, 5) is 12.9. The van der Waals surface area contributed by atoms with E-state index in [-0.39, 0.29) is 17.5 Å². The Bertz CT molecular complexity index is 1090. The topological polar surface area (TPSA) is 26.3 Å². The Morgan fingerprint density at radius 2 is 1.60 bits per heavy atom. The molecular formula is C41H66O2. The molecule has 2 nitrogen and oxygen atoms in total. The lowest BCUT2D eigenvalue weighted by atomic mass is 9.41. The van der Waals surface area contributed by atoms with Crippen LogP contribution in [0.4, 0.5) is 0 Å². The molecule has 0 amide bonds. The molecule has 2 heteroatoms. The van der Waals surface area contributed by atoms with Gasteiger partial charge in [-0.25, -0.2) is 4.79 Å². The van der Waals surface area contributed by atoms with Gasteiger partial charge in [-0.05, 0) is 135 Å². The van der Waals surface area contributed by atoms with Crippen LogP contribution in [0.2, 0.25) is 0 Å². The van der Waals surface area contributed by atoms with E-state index in [0.29, 0.717) is 33.5 Å². The third-order valence-electron chi connectivity index (χ3n) is 15.2. The van der Waals surface area contributed by atoms with E-state index >= 15 is 0 Å². The predicted octanol–water partition coefficient (Wildman–Crippen LogP) is 11.7. The molecule has 5 fully saturated rings. The smallest absolute Gasteiger partial charge is 0.331 e. The highest BCUT2D eigenvalue weighted by atomic mass is 16.5. The van der Waals surface area contributed by atoms with Crippen molar-refractivity contribution in [3.05, 3.63) is 36.5 Å². The summed E-state index contributed by atoms with van der Waals surface area (Å²) in [5, 5.41) is 0. The minimum absolute atomic E-state index is 0.0322. The monoisotopic (exact) mass is 591 g/mol. The highest BCUT2D eigenvalue weighted by molar-refractivity contribution is 5.82. The third-order valence-corrected chi connectivity index (χ3v) is 15.2. The molecule has 0 N–H and O–H groups in total. The van der Waals surface area contributed by atoms with Crippen LogP contribution in [-0.4, -0.2) is 12.1 Å². The number of carbonyl (C=O) groups excluding carboxylic acids is 1. The fourth-order valence-corrected chi connectivity index (χ4v) is 12.4. The number of hydrogen-bond donors (Lipinski definition) is 0. The molecule has 9 atom stereocenters. The lowest BCUT2D eigenvalue weighted by Crippen LogP contribution is -2.58. The van der Waals surface area contributed by atoms with Crippen molar-refractivity contribution >= 4 is 5.97 Å². The van der Waals surface area contributed by atoms with Crippen molar-refractivity contribution in [2.24, 2.45) is 56.7 Å². The molecule has 5 saturated carbocycles. The molecule has 2 spiro atoms. The second kappa shape index (κ2) is 12.1. The first-order valence-electron chi connectivity index (χ1n) is 18.5. The molecule has 0 aromatic carbocycles. The molecule has 0 heterocycles. The van der Waals surface area contributed by atoms with Gasteiger partial charge in [0.15, 0.2) is 0 Å². The van der Waals surface area contributed by atoms with Crippen LogP contribution in [0.5, 0.6) is 0 Å². The quantitative estimate of drug-likeness (QED) is 0.0743. The van der Waals surface area contributed by atoms with Crippen molar-refractivity contribution in [3.8, 4) is 0 Å². The number of unbranched alkanes of at least 4 members (excludes halogenated alkanes) is 3. The zero-order valence-corrected chi connectivity index (χ0v) is 29.4.